The number of thiophene rings is 1. The fraction of sp³-hybridized carbons (Fsp3) is 0.357. The summed E-state index contributed by atoms with van der Waals surface area (Å²) in [6, 6.07) is 11.1. The summed E-state index contributed by atoms with van der Waals surface area (Å²) in [7, 11) is -3.90. The number of nitrogens with zero attached hydrogens (tertiary/aromatic N) is 3. The molecule has 4 heterocycles. The van der Waals surface area contributed by atoms with Crippen molar-refractivity contribution in [3.05, 3.63) is 62.8 Å². The molecule has 3 amide bonds. The fourth-order valence-electron chi connectivity index (χ4n) is 5.14. The van der Waals surface area contributed by atoms with E-state index >= 15 is 0 Å². The number of hydrogen-bond donors (Lipinski definition) is 2. The maximum atomic E-state index is 13.3. The van der Waals surface area contributed by atoms with Gasteiger partial charge in [0.1, 0.15) is 12.1 Å². The Morgan fingerprint density at radius 3 is 2.71 bits per heavy atom. The van der Waals surface area contributed by atoms with Crippen LogP contribution in [0.25, 0.3) is 17.0 Å². The first-order valence-electron chi connectivity index (χ1n) is 13.3. The zero-order chi connectivity index (χ0) is 29.1. The third-order valence-corrected chi connectivity index (χ3v) is 9.44. The molecule has 2 N–H and O–H groups in total. The molecule has 2 atom stereocenters. The molecule has 2 aromatic heterocycles. The number of benzene rings is 1. The van der Waals surface area contributed by atoms with Crippen LogP contribution in [0, 0.1) is 6.92 Å². The Morgan fingerprint density at radius 2 is 1.93 bits per heavy atom. The van der Waals surface area contributed by atoms with Crippen molar-refractivity contribution in [1.29, 1.82) is 0 Å². The number of nitrogens with one attached hydrogen (secondary N) is 2. The monoisotopic (exact) mass is 615 g/mol. The van der Waals surface area contributed by atoms with Crippen LogP contribution in [0.5, 0.6) is 0 Å². The van der Waals surface area contributed by atoms with Gasteiger partial charge in [-0.1, -0.05) is 17.7 Å². The molecule has 216 valence electrons. The second-order valence-electron chi connectivity index (χ2n) is 10.2. The SMILES string of the molecule is Cc1ccc2cc(NC(=O)C3CCCN3C(=O)CN3CCCC(NS(=O)(=O)/C=C/c4ccc(Cl)s4)C3=O)ccc2n1. The minimum Gasteiger partial charge on any atom is -0.332 e. The Labute approximate surface area is 247 Å². The molecule has 0 spiro atoms. The average molecular weight is 616 g/mol. The Morgan fingerprint density at radius 1 is 1.12 bits per heavy atom. The van der Waals surface area contributed by atoms with Gasteiger partial charge < -0.3 is 15.1 Å². The van der Waals surface area contributed by atoms with Crippen LogP contribution in [-0.2, 0) is 24.4 Å². The molecule has 1 aromatic carbocycles. The van der Waals surface area contributed by atoms with E-state index < -0.39 is 28.0 Å². The molecule has 0 radical (unpaired) electrons. The first-order chi connectivity index (χ1) is 19.6. The van der Waals surface area contributed by atoms with Crippen molar-refractivity contribution in [1.82, 2.24) is 19.5 Å². The highest BCUT2D eigenvalue weighted by atomic mass is 35.5. The van der Waals surface area contributed by atoms with E-state index in [4.69, 9.17) is 11.6 Å². The van der Waals surface area contributed by atoms with Crippen LogP contribution in [-0.4, -0.2) is 72.6 Å². The summed E-state index contributed by atoms with van der Waals surface area (Å²) >= 11 is 7.13. The van der Waals surface area contributed by atoms with E-state index in [1.165, 1.54) is 27.2 Å². The van der Waals surface area contributed by atoms with Crippen LogP contribution in [0.2, 0.25) is 4.34 Å². The highest BCUT2D eigenvalue weighted by Crippen LogP contribution is 2.24. The Hall–Kier alpha value is -3.32. The first-order valence-corrected chi connectivity index (χ1v) is 16.0. The molecule has 10 nitrogen and oxygen atoms in total. The fourth-order valence-corrected chi connectivity index (χ4v) is 7.21. The van der Waals surface area contributed by atoms with Gasteiger partial charge in [0.2, 0.25) is 27.7 Å². The predicted molar refractivity (Wildman–Crippen MR) is 160 cm³/mol. The number of carbonyl (C=O) groups is 3. The maximum absolute atomic E-state index is 13.3. The molecule has 3 aromatic rings. The number of piperidine rings is 1. The first kappa shape index (κ1) is 29.2. The molecule has 0 aliphatic carbocycles. The third-order valence-electron chi connectivity index (χ3n) is 7.14. The lowest BCUT2D eigenvalue weighted by Crippen LogP contribution is -2.55. The molecule has 2 aliphatic heterocycles. The van der Waals surface area contributed by atoms with E-state index in [9.17, 15) is 22.8 Å². The van der Waals surface area contributed by atoms with Crippen LogP contribution < -0.4 is 10.0 Å². The summed E-state index contributed by atoms with van der Waals surface area (Å²) in [5.74, 6) is -1.09. The highest BCUT2D eigenvalue weighted by molar-refractivity contribution is 7.92. The number of aryl methyl sites for hydroxylation is 1. The maximum Gasteiger partial charge on any atom is 0.247 e. The number of likely N-dealkylation sites (tertiary alicyclic amines) is 2. The Bertz CT molecular complexity index is 1620. The van der Waals surface area contributed by atoms with E-state index in [0.29, 0.717) is 53.7 Å². The van der Waals surface area contributed by atoms with E-state index in [0.717, 1.165) is 22.0 Å². The van der Waals surface area contributed by atoms with Crippen molar-refractivity contribution in [2.45, 2.75) is 44.7 Å². The van der Waals surface area contributed by atoms with Gasteiger partial charge in [0.25, 0.3) is 0 Å². The quantitative estimate of drug-likeness (QED) is 0.397. The average Bonchev–Trinajstić information content (AvgIpc) is 3.59. The minimum atomic E-state index is -3.90. The summed E-state index contributed by atoms with van der Waals surface area (Å²) in [6.07, 6.45) is 3.47. The Balaban J connectivity index is 1.19. The summed E-state index contributed by atoms with van der Waals surface area (Å²) in [4.78, 5) is 47.6. The van der Waals surface area contributed by atoms with Gasteiger partial charge in [-0.05, 0) is 75.1 Å². The van der Waals surface area contributed by atoms with Gasteiger partial charge in [-0.15, -0.1) is 11.3 Å². The van der Waals surface area contributed by atoms with Gasteiger partial charge in [-0.3, -0.25) is 19.4 Å². The van der Waals surface area contributed by atoms with Crippen LogP contribution in [0.4, 0.5) is 5.69 Å². The van der Waals surface area contributed by atoms with Gasteiger partial charge in [0.15, 0.2) is 0 Å². The van der Waals surface area contributed by atoms with Crippen LogP contribution >= 0.6 is 22.9 Å². The molecular formula is C28H30ClN5O5S2. The van der Waals surface area contributed by atoms with Gasteiger partial charge in [-0.2, -0.15) is 4.72 Å². The largest absolute Gasteiger partial charge is 0.332 e. The number of sulfonamides is 1. The van der Waals surface area contributed by atoms with Crippen molar-refractivity contribution in [2.24, 2.45) is 0 Å². The van der Waals surface area contributed by atoms with Crippen LogP contribution in [0.3, 0.4) is 0 Å². The topological polar surface area (TPSA) is 129 Å². The number of amides is 3. The molecule has 0 saturated carbocycles. The number of hydrogen-bond acceptors (Lipinski definition) is 7. The molecule has 0 bridgehead atoms. The third kappa shape index (κ3) is 7.13. The molecule has 2 fully saturated rings. The molecular weight excluding hydrogens is 586 g/mol. The van der Waals surface area contributed by atoms with Crippen molar-refractivity contribution in [3.63, 3.8) is 0 Å². The van der Waals surface area contributed by atoms with Gasteiger partial charge in [0, 0.05) is 40.1 Å². The lowest BCUT2D eigenvalue weighted by Gasteiger charge is -2.33. The number of carbonyl (C=O) groups excluding carboxylic acids is 3. The number of pyridine rings is 1. The summed E-state index contributed by atoms with van der Waals surface area (Å²) < 4.78 is 28.2. The highest BCUT2D eigenvalue weighted by Gasteiger charge is 2.37. The van der Waals surface area contributed by atoms with Gasteiger partial charge in [-0.25, -0.2) is 8.42 Å². The second-order valence-corrected chi connectivity index (χ2v) is 13.5. The minimum absolute atomic E-state index is 0.217. The predicted octanol–water partition coefficient (Wildman–Crippen LogP) is 3.77. The van der Waals surface area contributed by atoms with Crippen molar-refractivity contribution >= 4 is 73.3 Å². The summed E-state index contributed by atoms with van der Waals surface area (Å²) in [5.41, 5.74) is 2.35. The molecule has 2 saturated heterocycles. The molecule has 5 rings (SSSR count). The van der Waals surface area contributed by atoms with E-state index in [2.05, 4.69) is 15.0 Å². The van der Waals surface area contributed by atoms with Crippen molar-refractivity contribution < 1.29 is 22.8 Å². The normalized spacial score (nSPS) is 19.8. The molecule has 2 aliphatic rings. The van der Waals surface area contributed by atoms with Crippen molar-refractivity contribution in [2.75, 3.05) is 25.0 Å². The number of rotatable bonds is 8. The number of halogens is 1. The van der Waals surface area contributed by atoms with Crippen LogP contribution in [0.1, 0.15) is 36.3 Å². The van der Waals surface area contributed by atoms with E-state index in [1.807, 2.05) is 31.2 Å². The lowest BCUT2D eigenvalue weighted by molar-refractivity contribution is -0.144. The zero-order valence-corrected chi connectivity index (χ0v) is 24.8. The molecule has 41 heavy (non-hydrogen) atoms. The van der Waals surface area contributed by atoms with E-state index in [1.54, 1.807) is 18.2 Å². The smallest absolute Gasteiger partial charge is 0.247 e. The Kier molecular flexibility index (Phi) is 8.74. The molecule has 13 heteroatoms. The number of aromatic nitrogens is 1. The standard InChI is InChI=1S/C28H30ClN5O5S2/c1-18-6-7-19-16-20(8-10-22(19)30-18)31-27(36)24-5-3-14-34(24)26(35)17-33-13-2-4-23(28(33)37)32-41(38,39)15-12-21-9-11-25(29)40-21/h6-12,15-16,23-24,32H,2-5,13-14,17H2,1H3,(H,31,36)/b15-12+. The molecule has 2 unspecified atom stereocenters. The zero-order valence-electron chi connectivity index (χ0n) is 22.4. The van der Waals surface area contributed by atoms with Crippen molar-refractivity contribution in [3.8, 4) is 0 Å². The number of fused-ring (bicyclic) bond motifs is 1. The van der Waals surface area contributed by atoms with Gasteiger partial charge in [0.05, 0.1) is 16.4 Å². The summed E-state index contributed by atoms with van der Waals surface area (Å²) in [5, 5.41) is 4.82. The van der Waals surface area contributed by atoms with Gasteiger partial charge >= 0.3 is 0 Å². The van der Waals surface area contributed by atoms with E-state index in [-0.39, 0.29) is 18.4 Å². The van der Waals surface area contributed by atoms with Crippen LogP contribution in [0.15, 0.2) is 47.9 Å². The number of anilines is 1. The lowest BCUT2D eigenvalue weighted by atomic mass is 10.1. The summed E-state index contributed by atoms with van der Waals surface area (Å²) in [6.45, 7) is 2.44. The second kappa shape index (κ2) is 12.3.